The summed E-state index contributed by atoms with van der Waals surface area (Å²) in [5.41, 5.74) is 0.925. The summed E-state index contributed by atoms with van der Waals surface area (Å²) in [6, 6.07) is 2.06. The maximum absolute atomic E-state index is 10.2. The number of fused-ring (bicyclic) bond motifs is 1. The Morgan fingerprint density at radius 3 is 3.04 bits per heavy atom. The average molecular weight is 354 g/mol. The lowest BCUT2D eigenvalue weighted by Gasteiger charge is -2.26. The van der Waals surface area contributed by atoms with Crippen molar-refractivity contribution in [2.45, 2.75) is 18.6 Å². The van der Waals surface area contributed by atoms with Crippen LogP contribution in [-0.2, 0) is 0 Å². The van der Waals surface area contributed by atoms with E-state index in [1.54, 1.807) is 25.0 Å². The number of imidazole rings is 1. The van der Waals surface area contributed by atoms with Crippen molar-refractivity contribution in [1.82, 2.24) is 24.3 Å². The summed E-state index contributed by atoms with van der Waals surface area (Å²) < 4.78 is 1.92. The van der Waals surface area contributed by atoms with Gasteiger partial charge in [-0.15, -0.1) is 0 Å². The first kappa shape index (κ1) is 16.5. The molecule has 2 N–H and O–H groups in total. The highest BCUT2D eigenvalue weighted by Crippen LogP contribution is 2.26. The van der Waals surface area contributed by atoms with Crippen LogP contribution in [0.1, 0.15) is 6.42 Å². The van der Waals surface area contributed by atoms with Gasteiger partial charge in [0.2, 0.25) is 0 Å². The SMILES string of the molecule is CN(C)c1cc(N2C[C@H](O)C[C@@H]2CNc2nccn3cncc23)ncn1. The maximum atomic E-state index is 10.2. The number of rotatable bonds is 5. The molecule has 0 amide bonds. The quantitative estimate of drug-likeness (QED) is 0.689. The molecule has 9 heteroatoms. The second-order valence-electron chi connectivity index (χ2n) is 6.67. The highest BCUT2D eigenvalue weighted by molar-refractivity contribution is 5.66. The molecule has 0 aliphatic carbocycles. The molecule has 1 saturated heterocycles. The maximum Gasteiger partial charge on any atom is 0.152 e. The van der Waals surface area contributed by atoms with Crippen molar-refractivity contribution in [1.29, 1.82) is 0 Å². The predicted molar refractivity (Wildman–Crippen MR) is 99.6 cm³/mol. The lowest BCUT2D eigenvalue weighted by Crippen LogP contribution is -2.36. The van der Waals surface area contributed by atoms with E-state index in [2.05, 4.69) is 30.2 Å². The highest BCUT2D eigenvalue weighted by Gasteiger charge is 2.32. The standard InChI is InChI=1S/C17H22N8O/c1-23(2)15-6-16(22-10-21-15)25-9-13(26)5-12(25)7-20-17-14-8-18-11-24(14)4-3-19-17/h3-4,6,8,10-13,26H,5,7,9H2,1-2H3,(H,19,20)/t12-,13-/m1/s1. The van der Waals surface area contributed by atoms with Crippen molar-refractivity contribution < 1.29 is 5.11 Å². The van der Waals surface area contributed by atoms with Gasteiger partial charge in [0.1, 0.15) is 23.5 Å². The molecule has 136 valence electrons. The van der Waals surface area contributed by atoms with Crippen LogP contribution in [0.15, 0.2) is 37.3 Å². The molecule has 4 rings (SSSR count). The fraction of sp³-hybridized carbons (Fsp3) is 0.412. The first-order valence-electron chi connectivity index (χ1n) is 8.56. The Morgan fingerprint density at radius 1 is 1.31 bits per heavy atom. The molecule has 4 heterocycles. The minimum absolute atomic E-state index is 0.111. The third-order valence-electron chi connectivity index (χ3n) is 4.63. The van der Waals surface area contributed by atoms with Crippen LogP contribution >= 0.6 is 0 Å². The van der Waals surface area contributed by atoms with Gasteiger partial charge >= 0.3 is 0 Å². The zero-order valence-electron chi connectivity index (χ0n) is 14.8. The Morgan fingerprint density at radius 2 is 2.19 bits per heavy atom. The molecule has 3 aromatic heterocycles. The predicted octanol–water partition coefficient (Wildman–Crippen LogP) is 0.637. The second kappa shape index (κ2) is 6.75. The molecule has 3 aromatic rings. The number of β-amino-alcohol motifs (C(OH)–C–C–N with tert-alkyl or cyclic N) is 1. The van der Waals surface area contributed by atoms with Crippen LogP contribution in [0.25, 0.3) is 5.52 Å². The number of aliphatic hydroxyl groups excluding tert-OH is 1. The number of hydrogen-bond donors (Lipinski definition) is 2. The molecular weight excluding hydrogens is 332 g/mol. The monoisotopic (exact) mass is 354 g/mol. The Hall–Kier alpha value is -2.94. The number of aromatic nitrogens is 5. The van der Waals surface area contributed by atoms with E-state index in [-0.39, 0.29) is 12.1 Å². The van der Waals surface area contributed by atoms with Crippen molar-refractivity contribution >= 4 is 23.0 Å². The lowest BCUT2D eigenvalue weighted by molar-refractivity contribution is 0.194. The molecule has 0 aromatic carbocycles. The van der Waals surface area contributed by atoms with E-state index in [0.717, 1.165) is 23.0 Å². The zero-order chi connectivity index (χ0) is 18.1. The van der Waals surface area contributed by atoms with Crippen LogP contribution in [-0.4, -0.2) is 68.8 Å². The van der Waals surface area contributed by atoms with Crippen LogP contribution in [0.2, 0.25) is 0 Å². The molecule has 9 nitrogen and oxygen atoms in total. The fourth-order valence-corrected chi connectivity index (χ4v) is 3.31. The van der Waals surface area contributed by atoms with Gasteiger partial charge in [-0.3, -0.25) is 0 Å². The van der Waals surface area contributed by atoms with E-state index in [9.17, 15) is 5.11 Å². The van der Waals surface area contributed by atoms with Gasteiger partial charge in [0.05, 0.1) is 24.7 Å². The summed E-state index contributed by atoms with van der Waals surface area (Å²) in [5, 5.41) is 13.6. The topological polar surface area (TPSA) is 94.7 Å². The van der Waals surface area contributed by atoms with E-state index in [1.165, 1.54) is 0 Å². The van der Waals surface area contributed by atoms with E-state index in [0.29, 0.717) is 19.5 Å². The first-order chi connectivity index (χ1) is 12.6. The lowest BCUT2D eigenvalue weighted by atomic mass is 10.2. The summed E-state index contributed by atoms with van der Waals surface area (Å²) in [6.07, 6.45) is 9.00. The van der Waals surface area contributed by atoms with Crippen molar-refractivity contribution in [2.75, 3.05) is 42.3 Å². The van der Waals surface area contributed by atoms with Crippen molar-refractivity contribution in [3.8, 4) is 0 Å². The minimum Gasteiger partial charge on any atom is -0.391 e. The molecule has 0 spiro atoms. The number of nitrogens with zero attached hydrogens (tertiary/aromatic N) is 7. The third kappa shape index (κ3) is 3.13. The molecule has 0 unspecified atom stereocenters. The highest BCUT2D eigenvalue weighted by atomic mass is 16.3. The van der Waals surface area contributed by atoms with Crippen molar-refractivity contribution in [2.24, 2.45) is 0 Å². The van der Waals surface area contributed by atoms with Crippen LogP contribution in [0, 0.1) is 0 Å². The summed E-state index contributed by atoms with van der Waals surface area (Å²) in [6.45, 7) is 1.21. The van der Waals surface area contributed by atoms with E-state index < -0.39 is 0 Å². The Bertz CT molecular complexity index is 895. The summed E-state index contributed by atoms with van der Waals surface area (Å²) in [5.74, 6) is 2.44. The molecule has 0 saturated carbocycles. The van der Waals surface area contributed by atoms with E-state index in [4.69, 9.17) is 0 Å². The first-order valence-corrected chi connectivity index (χ1v) is 8.56. The van der Waals surface area contributed by atoms with Crippen LogP contribution in [0.5, 0.6) is 0 Å². The number of anilines is 3. The minimum atomic E-state index is -0.377. The third-order valence-corrected chi connectivity index (χ3v) is 4.63. The molecule has 1 fully saturated rings. The Balaban J connectivity index is 1.53. The average Bonchev–Trinajstić information content (AvgIpc) is 3.26. The fourth-order valence-electron chi connectivity index (χ4n) is 3.31. The second-order valence-corrected chi connectivity index (χ2v) is 6.67. The van der Waals surface area contributed by atoms with Crippen LogP contribution < -0.4 is 15.1 Å². The normalized spacial score (nSPS) is 19.9. The number of aliphatic hydroxyl groups is 1. The van der Waals surface area contributed by atoms with Crippen molar-refractivity contribution in [3.63, 3.8) is 0 Å². The molecule has 1 aliphatic rings. The number of nitrogens with one attached hydrogen (secondary N) is 1. The molecular formula is C17H22N8O. The van der Waals surface area contributed by atoms with Crippen LogP contribution in [0.3, 0.4) is 0 Å². The van der Waals surface area contributed by atoms with Gasteiger partial charge in [-0.1, -0.05) is 0 Å². The van der Waals surface area contributed by atoms with Gasteiger partial charge in [-0.25, -0.2) is 19.9 Å². The molecule has 0 radical (unpaired) electrons. The summed E-state index contributed by atoms with van der Waals surface area (Å²) in [7, 11) is 3.89. The zero-order valence-corrected chi connectivity index (χ0v) is 14.8. The smallest absolute Gasteiger partial charge is 0.152 e. The molecule has 26 heavy (non-hydrogen) atoms. The van der Waals surface area contributed by atoms with Gasteiger partial charge in [0.25, 0.3) is 0 Å². The molecule has 0 bridgehead atoms. The van der Waals surface area contributed by atoms with Gasteiger partial charge < -0.3 is 24.6 Å². The largest absolute Gasteiger partial charge is 0.391 e. The number of hydrogen-bond acceptors (Lipinski definition) is 8. The van der Waals surface area contributed by atoms with Crippen LogP contribution in [0.4, 0.5) is 17.5 Å². The summed E-state index contributed by atoms with van der Waals surface area (Å²) >= 11 is 0. The van der Waals surface area contributed by atoms with E-state index in [1.807, 2.05) is 35.7 Å². The molecule has 1 aliphatic heterocycles. The van der Waals surface area contributed by atoms with Gasteiger partial charge in [-0.2, -0.15) is 0 Å². The van der Waals surface area contributed by atoms with E-state index >= 15 is 0 Å². The van der Waals surface area contributed by atoms with Gasteiger partial charge in [-0.05, 0) is 6.42 Å². The Labute approximate surface area is 151 Å². The van der Waals surface area contributed by atoms with Crippen molar-refractivity contribution in [3.05, 3.63) is 37.3 Å². The molecule has 2 atom stereocenters. The van der Waals surface area contributed by atoms with Gasteiger partial charge in [0.15, 0.2) is 5.82 Å². The van der Waals surface area contributed by atoms with Gasteiger partial charge in [0, 0.05) is 45.6 Å². The summed E-state index contributed by atoms with van der Waals surface area (Å²) in [4.78, 5) is 21.3. The Kier molecular flexibility index (Phi) is 4.29.